The van der Waals surface area contributed by atoms with Crippen LogP contribution in [0.15, 0.2) is 18.2 Å². The Morgan fingerprint density at radius 3 is 2.69 bits per heavy atom. The minimum atomic E-state index is -0.439. The molecule has 0 aliphatic heterocycles. The molecule has 1 amide bonds. The number of hydrogen-bond donors (Lipinski definition) is 2. The Labute approximate surface area is 96.2 Å². The number of rotatable bonds is 5. The summed E-state index contributed by atoms with van der Waals surface area (Å²) < 4.78 is 0. The first kappa shape index (κ1) is 12.4. The molecule has 0 spiro atoms. The summed E-state index contributed by atoms with van der Waals surface area (Å²) in [6, 6.07) is 5.25. The Morgan fingerprint density at radius 1 is 1.44 bits per heavy atom. The van der Waals surface area contributed by atoms with Gasteiger partial charge >= 0.3 is 0 Å². The van der Waals surface area contributed by atoms with E-state index >= 15 is 0 Å². The lowest BCUT2D eigenvalue weighted by Crippen LogP contribution is -2.23. The van der Waals surface area contributed by atoms with Crippen LogP contribution in [0.25, 0.3) is 0 Å². The highest BCUT2D eigenvalue weighted by molar-refractivity contribution is 5.99. The molecule has 4 heteroatoms. The van der Waals surface area contributed by atoms with E-state index < -0.39 is 5.91 Å². The lowest BCUT2D eigenvalue weighted by molar-refractivity contribution is 0.100. The molecule has 1 aromatic rings. The van der Waals surface area contributed by atoms with Gasteiger partial charge in [0.2, 0.25) is 0 Å². The maximum atomic E-state index is 11.3. The minimum absolute atomic E-state index is 0.439. The van der Waals surface area contributed by atoms with Gasteiger partial charge in [-0.1, -0.05) is 13.3 Å². The molecule has 0 radical (unpaired) electrons. The van der Waals surface area contributed by atoms with Crippen LogP contribution in [-0.2, 0) is 0 Å². The van der Waals surface area contributed by atoms with Crippen molar-refractivity contribution < 1.29 is 4.79 Å². The number of primary amides is 1. The standard InChI is InChI=1S/C12H19N3O/c1-3-4-7-15(2)11-6-5-9(13)8-10(11)12(14)16/h5-6,8H,3-4,7,13H2,1-2H3,(H2,14,16). The molecule has 16 heavy (non-hydrogen) atoms. The first-order chi connectivity index (χ1) is 7.56. The molecule has 0 aromatic heterocycles. The fourth-order valence-electron chi connectivity index (χ4n) is 1.60. The van der Waals surface area contributed by atoms with Crippen molar-refractivity contribution in [1.29, 1.82) is 0 Å². The summed E-state index contributed by atoms with van der Waals surface area (Å²) in [6.07, 6.45) is 2.20. The van der Waals surface area contributed by atoms with Crippen molar-refractivity contribution in [1.82, 2.24) is 0 Å². The number of nitrogens with zero attached hydrogens (tertiary/aromatic N) is 1. The Balaban J connectivity index is 2.98. The van der Waals surface area contributed by atoms with Gasteiger partial charge in [-0.15, -0.1) is 0 Å². The molecule has 1 rings (SSSR count). The lowest BCUT2D eigenvalue weighted by Gasteiger charge is -2.21. The van der Waals surface area contributed by atoms with Crippen molar-refractivity contribution in [2.24, 2.45) is 5.73 Å². The quantitative estimate of drug-likeness (QED) is 0.742. The number of benzene rings is 1. The molecule has 0 aliphatic carbocycles. The van der Waals surface area contributed by atoms with E-state index in [1.165, 1.54) is 0 Å². The molecule has 0 fully saturated rings. The maximum absolute atomic E-state index is 11.3. The van der Waals surface area contributed by atoms with Crippen LogP contribution < -0.4 is 16.4 Å². The number of amides is 1. The Kier molecular flexibility index (Phi) is 4.17. The molecule has 4 N–H and O–H groups in total. The fraction of sp³-hybridized carbons (Fsp3) is 0.417. The molecule has 88 valence electrons. The maximum Gasteiger partial charge on any atom is 0.250 e. The summed E-state index contributed by atoms with van der Waals surface area (Å²) in [5.41, 5.74) is 12.9. The van der Waals surface area contributed by atoms with Crippen molar-refractivity contribution in [2.75, 3.05) is 24.2 Å². The zero-order valence-corrected chi connectivity index (χ0v) is 9.86. The van der Waals surface area contributed by atoms with E-state index in [9.17, 15) is 4.79 Å². The SMILES string of the molecule is CCCCN(C)c1ccc(N)cc1C(N)=O. The number of anilines is 2. The third-order valence-corrected chi connectivity index (χ3v) is 2.54. The smallest absolute Gasteiger partial charge is 0.250 e. The number of carbonyl (C=O) groups excluding carboxylic acids is 1. The lowest BCUT2D eigenvalue weighted by atomic mass is 10.1. The molecular weight excluding hydrogens is 202 g/mol. The van der Waals surface area contributed by atoms with Gasteiger partial charge < -0.3 is 16.4 Å². The summed E-state index contributed by atoms with van der Waals surface area (Å²) in [4.78, 5) is 13.3. The van der Waals surface area contributed by atoms with Crippen molar-refractivity contribution in [3.63, 3.8) is 0 Å². The Hall–Kier alpha value is -1.71. The molecule has 0 saturated heterocycles. The van der Waals surface area contributed by atoms with Gasteiger partial charge in [0, 0.05) is 25.0 Å². The van der Waals surface area contributed by atoms with E-state index in [1.807, 2.05) is 18.0 Å². The van der Waals surface area contributed by atoms with Crippen molar-refractivity contribution in [2.45, 2.75) is 19.8 Å². The molecule has 0 heterocycles. The number of hydrogen-bond acceptors (Lipinski definition) is 3. The van der Waals surface area contributed by atoms with E-state index in [4.69, 9.17) is 11.5 Å². The van der Waals surface area contributed by atoms with Crippen molar-refractivity contribution in [3.8, 4) is 0 Å². The molecule has 4 nitrogen and oxygen atoms in total. The summed E-state index contributed by atoms with van der Waals surface area (Å²) in [7, 11) is 1.95. The monoisotopic (exact) mass is 221 g/mol. The van der Waals surface area contributed by atoms with Crippen LogP contribution in [0.3, 0.4) is 0 Å². The average molecular weight is 221 g/mol. The molecule has 0 aliphatic rings. The summed E-state index contributed by atoms with van der Waals surface area (Å²) in [5.74, 6) is -0.439. The second-order valence-corrected chi connectivity index (χ2v) is 3.92. The third-order valence-electron chi connectivity index (χ3n) is 2.54. The summed E-state index contributed by atoms with van der Waals surface area (Å²) in [6.45, 7) is 3.03. The van der Waals surface area contributed by atoms with E-state index in [2.05, 4.69) is 6.92 Å². The van der Waals surface area contributed by atoms with Gasteiger partial charge in [-0.05, 0) is 24.6 Å². The number of nitrogen functional groups attached to an aromatic ring is 1. The highest BCUT2D eigenvalue weighted by Gasteiger charge is 2.11. The summed E-state index contributed by atoms with van der Waals surface area (Å²) >= 11 is 0. The van der Waals surface area contributed by atoms with Gasteiger partial charge in [0.15, 0.2) is 0 Å². The molecule has 0 saturated carbocycles. The fourth-order valence-corrected chi connectivity index (χ4v) is 1.60. The molecule has 0 bridgehead atoms. The normalized spacial score (nSPS) is 10.1. The molecule has 1 aromatic carbocycles. The summed E-state index contributed by atoms with van der Waals surface area (Å²) in [5, 5.41) is 0. The van der Waals surface area contributed by atoms with Gasteiger partial charge in [-0.3, -0.25) is 4.79 Å². The van der Waals surface area contributed by atoms with Gasteiger partial charge in [0.25, 0.3) is 5.91 Å². The van der Waals surface area contributed by atoms with E-state index in [-0.39, 0.29) is 0 Å². The van der Waals surface area contributed by atoms with E-state index in [1.54, 1.807) is 12.1 Å². The zero-order chi connectivity index (χ0) is 12.1. The van der Waals surface area contributed by atoms with Crippen molar-refractivity contribution in [3.05, 3.63) is 23.8 Å². The number of carbonyl (C=O) groups is 1. The van der Waals surface area contributed by atoms with Gasteiger partial charge in [0.1, 0.15) is 0 Å². The third kappa shape index (κ3) is 2.89. The number of nitrogens with two attached hydrogens (primary N) is 2. The predicted octanol–water partition coefficient (Wildman–Crippen LogP) is 1.60. The second-order valence-electron chi connectivity index (χ2n) is 3.92. The van der Waals surface area contributed by atoms with Crippen LogP contribution in [-0.4, -0.2) is 19.5 Å². The first-order valence-corrected chi connectivity index (χ1v) is 5.46. The highest BCUT2D eigenvalue weighted by Crippen LogP contribution is 2.22. The van der Waals surface area contributed by atoms with Crippen LogP contribution in [0.4, 0.5) is 11.4 Å². The average Bonchev–Trinajstić information content (AvgIpc) is 2.25. The zero-order valence-electron chi connectivity index (χ0n) is 9.86. The van der Waals surface area contributed by atoms with E-state index in [0.717, 1.165) is 25.1 Å². The van der Waals surface area contributed by atoms with Gasteiger partial charge in [-0.25, -0.2) is 0 Å². The van der Waals surface area contributed by atoms with Gasteiger partial charge in [-0.2, -0.15) is 0 Å². The number of unbranched alkanes of at least 4 members (excludes halogenated alkanes) is 1. The topological polar surface area (TPSA) is 72.3 Å². The van der Waals surface area contributed by atoms with Crippen LogP contribution in [0, 0.1) is 0 Å². The second kappa shape index (κ2) is 5.39. The van der Waals surface area contributed by atoms with Gasteiger partial charge in [0.05, 0.1) is 5.56 Å². The van der Waals surface area contributed by atoms with Crippen LogP contribution in [0.2, 0.25) is 0 Å². The van der Waals surface area contributed by atoms with Crippen LogP contribution >= 0.6 is 0 Å². The van der Waals surface area contributed by atoms with E-state index in [0.29, 0.717) is 11.3 Å². The largest absolute Gasteiger partial charge is 0.399 e. The predicted molar refractivity (Wildman–Crippen MR) is 67.6 cm³/mol. The minimum Gasteiger partial charge on any atom is -0.399 e. The molecular formula is C12H19N3O. The van der Waals surface area contributed by atoms with Crippen LogP contribution in [0.5, 0.6) is 0 Å². The molecule has 0 unspecified atom stereocenters. The molecule has 0 atom stereocenters. The first-order valence-electron chi connectivity index (χ1n) is 5.46. The Morgan fingerprint density at radius 2 is 2.12 bits per heavy atom. The Bertz CT molecular complexity index is 377. The highest BCUT2D eigenvalue weighted by atomic mass is 16.1. The van der Waals surface area contributed by atoms with Crippen LogP contribution in [0.1, 0.15) is 30.1 Å². The van der Waals surface area contributed by atoms with Crippen molar-refractivity contribution >= 4 is 17.3 Å².